The molecule has 0 aliphatic rings. The molecule has 22 heavy (non-hydrogen) atoms. The van der Waals surface area contributed by atoms with Crippen LogP contribution in [0.4, 0.5) is 11.4 Å². The number of nitrogens with zero attached hydrogens (tertiary/aromatic N) is 2. The molecular weight excluding hydrogens is 330 g/mol. The maximum absolute atomic E-state index is 11.6. The number of benzene rings is 1. The number of aromatic nitrogens is 2. The Bertz CT molecular complexity index is 807. The van der Waals surface area contributed by atoms with Crippen molar-refractivity contribution in [2.75, 3.05) is 18.7 Å². The average molecular weight is 342 g/mol. The molecule has 0 aliphatic carbocycles. The molecule has 116 valence electrons. The minimum absolute atomic E-state index is 0.0286. The number of anilines is 2. The van der Waals surface area contributed by atoms with E-state index in [0.717, 1.165) is 6.26 Å². The summed E-state index contributed by atoms with van der Waals surface area (Å²) in [4.78, 5) is 11.8. The fourth-order valence-corrected chi connectivity index (χ4v) is 2.43. The van der Waals surface area contributed by atoms with E-state index in [1.165, 1.54) is 25.3 Å². The lowest BCUT2D eigenvalue weighted by atomic mass is 10.2. The van der Waals surface area contributed by atoms with E-state index in [-0.39, 0.29) is 15.7 Å². The van der Waals surface area contributed by atoms with E-state index in [1.54, 1.807) is 12.1 Å². The van der Waals surface area contributed by atoms with Gasteiger partial charge in [0.05, 0.1) is 17.7 Å². The van der Waals surface area contributed by atoms with E-state index in [0.29, 0.717) is 11.4 Å². The van der Waals surface area contributed by atoms with E-state index in [1.807, 2.05) is 0 Å². The highest BCUT2D eigenvalue weighted by molar-refractivity contribution is 7.90. The predicted octanol–water partition coefficient (Wildman–Crippen LogP) is 2.06. The fourth-order valence-electron chi connectivity index (χ4n) is 1.65. The second kappa shape index (κ2) is 6.29. The van der Waals surface area contributed by atoms with Crippen molar-refractivity contribution in [3.8, 4) is 0 Å². The van der Waals surface area contributed by atoms with Gasteiger partial charge in [0.2, 0.25) is 0 Å². The molecule has 0 saturated heterocycles. The Morgan fingerprint density at radius 1 is 1.23 bits per heavy atom. The maximum atomic E-state index is 11.6. The number of esters is 1. The predicted molar refractivity (Wildman–Crippen MR) is 81.2 cm³/mol. The van der Waals surface area contributed by atoms with Crippen LogP contribution >= 0.6 is 11.6 Å². The highest BCUT2D eigenvalue weighted by Crippen LogP contribution is 2.23. The van der Waals surface area contributed by atoms with Crippen LogP contribution in [0, 0.1) is 0 Å². The molecule has 1 heterocycles. The van der Waals surface area contributed by atoms with Crippen molar-refractivity contribution < 1.29 is 17.9 Å². The second-order valence-corrected chi connectivity index (χ2v) is 6.75. The van der Waals surface area contributed by atoms with Crippen LogP contribution in [0.1, 0.15) is 10.5 Å². The Balaban J connectivity index is 2.34. The van der Waals surface area contributed by atoms with Crippen LogP contribution in [0.3, 0.4) is 0 Å². The Kier molecular flexibility index (Phi) is 4.62. The summed E-state index contributed by atoms with van der Waals surface area (Å²) < 4.78 is 27.4. The van der Waals surface area contributed by atoms with Gasteiger partial charge in [-0.25, -0.2) is 13.2 Å². The molecule has 2 rings (SSSR count). The number of rotatable bonds is 4. The molecule has 0 radical (unpaired) electrons. The summed E-state index contributed by atoms with van der Waals surface area (Å²) in [6.07, 6.45) is 1.12. The normalized spacial score (nSPS) is 11.0. The van der Waals surface area contributed by atoms with Crippen molar-refractivity contribution in [1.29, 1.82) is 0 Å². The minimum Gasteiger partial charge on any atom is -0.464 e. The molecule has 1 aromatic heterocycles. The standard InChI is InChI=1S/C13H12ClN3O4S/c1-21-13(18)12-10(7-11(14)16-17-12)15-8-3-5-9(6-4-8)22(2,19)20/h3-7H,1-2H3,(H,15,16). The number of hydrogen-bond donors (Lipinski definition) is 1. The first-order valence-electron chi connectivity index (χ1n) is 6.00. The van der Waals surface area contributed by atoms with Gasteiger partial charge in [-0.1, -0.05) is 11.6 Å². The Hall–Kier alpha value is -2.19. The van der Waals surface area contributed by atoms with Crippen molar-refractivity contribution in [3.05, 3.63) is 41.2 Å². The van der Waals surface area contributed by atoms with Gasteiger partial charge in [-0.2, -0.15) is 0 Å². The number of sulfone groups is 1. The summed E-state index contributed by atoms with van der Waals surface area (Å²) in [5.41, 5.74) is 0.833. The van der Waals surface area contributed by atoms with Gasteiger partial charge in [0.25, 0.3) is 0 Å². The van der Waals surface area contributed by atoms with Crippen LogP contribution in [0.15, 0.2) is 35.2 Å². The fraction of sp³-hybridized carbons (Fsp3) is 0.154. The zero-order valence-corrected chi connectivity index (χ0v) is 13.3. The van der Waals surface area contributed by atoms with Gasteiger partial charge >= 0.3 is 5.97 Å². The summed E-state index contributed by atoms with van der Waals surface area (Å²) in [7, 11) is -2.04. The summed E-state index contributed by atoms with van der Waals surface area (Å²) >= 11 is 5.77. The number of carbonyl (C=O) groups excluding carboxylic acids is 1. The van der Waals surface area contributed by atoms with Crippen LogP contribution in [0.5, 0.6) is 0 Å². The van der Waals surface area contributed by atoms with Crippen molar-refractivity contribution in [3.63, 3.8) is 0 Å². The summed E-state index contributed by atoms with van der Waals surface area (Å²) in [6, 6.07) is 7.44. The number of hydrogen-bond acceptors (Lipinski definition) is 7. The largest absolute Gasteiger partial charge is 0.464 e. The van der Waals surface area contributed by atoms with E-state index < -0.39 is 15.8 Å². The topological polar surface area (TPSA) is 98.2 Å². The highest BCUT2D eigenvalue weighted by Gasteiger charge is 2.16. The van der Waals surface area contributed by atoms with E-state index in [4.69, 9.17) is 11.6 Å². The molecule has 0 saturated carbocycles. The Labute approximate surface area is 132 Å². The molecule has 0 bridgehead atoms. The second-order valence-electron chi connectivity index (χ2n) is 4.34. The third kappa shape index (κ3) is 3.71. The zero-order valence-electron chi connectivity index (χ0n) is 11.7. The molecule has 2 aromatic rings. The van der Waals surface area contributed by atoms with Gasteiger partial charge in [0.1, 0.15) is 0 Å². The SMILES string of the molecule is COC(=O)c1nnc(Cl)cc1Nc1ccc(S(C)(=O)=O)cc1. The molecule has 0 unspecified atom stereocenters. The van der Waals surface area contributed by atoms with Gasteiger partial charge < -0.3 is 10.1 Å². The molecule has 0 aliphatic heterocycles. The summed E-state index contributed by atoms with van der Waals surface area (Å²) in [5, 5.41) is 10.3. The van der Waals surface area contributed by atoms with Gasteiger partial charge in [0, 0.05) is 18.0 Å². The molecule has 0 spiro atoms. The van der Waals surface area contributed by atoms with E-state index in [2.05, 4.69) is 20.3 Å². The molecular formula is C13H12ClN3O4S. The van der Waals surface area contributed by atoms with Gasteiger partial charge in [0.15, 0.2) is 20.7 Å². The van der Waals surface area contributed by atoms with E-state index in [9.17, 15) is 13.2 Å². The van der Waals surface area contributed by atoms with Crippen molar-refractivity contribution in [2.24, 2.45) is 0 Å². The number of ether oxygens (including phenoxy) is 1. The third-order valence-electron chi connectivity index (χ3n) is 2.70. The average Bonchev–Trinajstić information content (AvgIpc) is 2.46. The number of nitrogens with one attached hydrogen (secondary N) is 1. The lowest BCUT2D eigenvalue weighted by Crippen LogP contribution is -2.09. The van der Waals surface area contributed by atoms with Gasteiger partial charge in [-0.15, -0.1) is 10.2 Å². The third-order valence-corrected chi connectivity index (χ3v) is 4.02. The van der Waals surface area contributed by atoms with Gasteiger partial charge in [-0.05, 0) is 24.3 Å². The van der Waals surface area contributed by atoms with Crippen molar-refractivity contribution >= 4 is 38.8 Å². The molecule has 9 heteroatoms. The molecule has 0 fully saturated rings. The Morgan fingerprint density at radius 3 is 2.41 bits per heavy atom. The quantitative estimate of drug-likeness (QED) is 0.850. The molecule has 7 nitrogen and oxygen atoms in total. The van der Waals surface area contributed by atoms with Crippen LogP contribution < -0.4 is 5.32 Å². The first-order chi connectivity index (χ1) is 10.3. The monoisotopic (exact) mass is 341 g/mol. The lowest BCUT2D eigenvalue weighted by Gasteiger charge is -2.10. The van der Waals surface area contributed by atoms with Crippen molar-refractivity contribution in [2.45, 2.75) is 4.90 Å². The first kappa shape index (κ1) is 16.2. The maximum Gasteiger partial charge on any atom is 0.360 e. The van der Waals surface area contributed by atoms with Crippen LogP contribution in [-0.2, 0) is 14.6 Å². The molecule has 0 amide bonds. The van der Waals surface area contributed by atoms with Crippen LogP contribution in [0.2, 0.25) is 5.15 Å². The van der Waals surface area contributed by atoms with Crippen LogP contribution in [0.25, 0.3) is 0 Å². The smallest absolute Gasteiger partial charge is 0.360 e. The van der Waals surface area contributed by atoms with Crippen LogP contribution in [-0.4, -0.2) is 38.0 Å². The molecule has 1 N–H and O–H groups in total. The summed E-state index contributed by atoms with van der Waals surface area (Å²) in [5.74, 6) is -0.667. The highest BCUT2D eigenvalue weighted by atomic mass is 35.5. The van der Waals surface area contributed by atoms with E-state index >= 15 is 0 Å². The summed E-state index contributed by atoms with van der Waals surface area (Å²) in [6.45, 7) is 0. The number of halogens is 1. The van der Waals surface area contributed by atoms with Crippen molar-refractivity contribution in [1.82, 2.24) is 10.2 Å². The molecule has 0 atom stereocenters. The Morgan fingerprint density at radius 2 is 1.86 bits per heavy atom. The number of methoxy groups -OCH3 is 1. The lowest BCUT2D eigenvalue weighted by molar-refractivity contribution is 0.0594. The molecule has 1 aromatic carbocycles. The first-order valence-corrected chi connectivity index (χ1v) is 8.27. The van der Waals surface area contributed by atoms with Gasteiger partial charge in [-0.3, -0.25) is 0 Å². The minimum atomic E-state index is -3.27. The number of carbonyl (C=O) groups is 1. The zero-order chi connectivity index (χ0) is 16.3.